The fourth-order valence-corrected chi connectivity index (χ4v) is 3.08. The summed E-state index contributed by atoms with van der Waals surface area (Å²) in [4.78, 5) is 11.2. The Morgan fingerprint density at radius 1 is 1.25 bits per heavy atom. The van der Waals surface area contributed by atoms with Crippen LogP contribution in [-0.4, -0.2) is 12.5 Å². The second kappa shape index (κ2) is 1.76. The van der Waals surface area contributed by atoms with Crippen LogP contribution in [-0.2, 0) is 4.79 Å². The van der Waals surface area contributed by atoms with Crippen molar-refractivity contribution in [2.45, 2.75) is 25.7 Å². The van der Waals surface area contributed by atoms with Gasteiger partial charge in [-0.25, -0.2) is 0 Å². The number of nitrogens with one attached hydrogen (secondary N) is 1. The van der Waals surface area contributed by atoms with Crippen LogP contribution in [0, 0.1) is 10.8 Å². The maximum atomic E-state index is 11.2. The summed E-state index contributed by atoms with van der Waals surface area (Å²) in [5.41, 5.74) is 0.875. The van der Waals surface area contributed by atoms with Crippen molar-refractivity contribution in [3.05, 3.63) is 12.2 Å². The van der Waals surface area contributed by atoms with Gasteiger partial charge < -0.3 is 5.32 Å². The number of allylic oxidation sites excluding steroid dienone is 2. The fraction of sp³-hybridized carbons (Fsp3) is 0.700. The van der Waals surface area contributed by atoms with Crippen molar-refractivity contribution >= 4 is 5.91 Å². The molecular formula is C10H13NO. The van der Waals surface area contributed by atoms with Crippen molar-refractivity contribution in [3.8, 4) is 0 Å². The Hall–Kier alpha value is -0.790. The molecule has 1 heterocycles. The van der Waals surface area contributed by atoms with Crippen molar-refractivity contribution in [3.63, 3.8) is 0 Å². The number of rotatable bonds is 0. The van der Waals surface area contributed by atoms with Gasteiger partial charge in [0.1, 0.15) is 0 Å². The first-order chi connectivity index (χ1) is 5.77. The van der Waals surface area contributed by atoms with Crippen LogP contribution >= 0.6 is 0 Å². The van der Waals surface area contributed by atoms with E-state index in [1.807, 2.05) is 0 Å². The maximum Gasteiger partial charge on any atom is 0.220 e. The molecule has 0 bridgehead atoms. The molecule has 1 N–H and O–H groups in total. The van der Waals surface area contributed by atoms with Crippen LogP contribution < -0.4 is 5.32 Å². The topological polar surface area (TPSA) is 29.1 Å². The first-order valence-corrected chi connectivity index (χ1v) is 4.68. The molecule has 12 heavy (non-hydrogen) atoms. The number of hydrogen-bond donors (Lipinski definition) is 1. The maximum absolute atomic E-state index is 11.2. The van der Waals surface area contributed by atoms with Gasteiger partial charge in [0, 0.05) is 13.0 Å². The monoisotopic (exact) mass is 163 g/mol. The standard InChI is InChI=1S/C10H13NO/c12-8-5-9-3-1-2-4-10(9,6-9)7-11-8/h1-2H,3-7H2,(H,11,12). The summed E-state index contributed by atoms with van der Waals surface area (Å²) in [5, 5.41) is 2.99. The Morgan fingerprint density at radius 2 is 2.00 bits per heavy atom. The molecule has 0 spiro atoms. The first kappa shape index (κ1) is 6.70. The van der Waals surface area contributed by atoms with Crippen LogP contribution in [0.25, 0.3) is 0 Å². The second-order valence-electron chi connectivity index (χ2n) is 4.57. The highest BCUT2D eigenvalue weighted by Gasteiger charge is 2.68. The number of carbonyl (C=O) groups excluding carboxylic acids is 1. The summed E-state index contributed by atoms with van der Waals surface area (Å²) in [5.74, 6) is 0.262. The van der Waals surface area contributed by atoms with E-state index in [4.69, 9.17) is 0 Å². The Morgan fingerprint density at radius 3 is 2.83 bits per heavy atom. The van der Waals surface area contributed by atoms with Crippen LogP contribution in [0.3, 0.4) is 0 Å². The second-order valence-corrected chi connectivity index (χ2v) is 4.57. The van der Waals surface area contributed by atoms with E-state index < -0.39 is 0 Å². The number of carbonyl (C=O) groups is 1. The fourth-order valence-electron chi connectivity index (χ4n) is 3.08. The Bertz CT molecular complexity index is 284. The molecule has 3 aliphatic rings. The molecular weight excluding hydrogens is 150 g/mol. The van der Waals surface area contributed by atoms with Gasteiger partial charge in [-0.15, -0.1) is 0 Å². The molecule has 2 aliphatic carbocycles. The molecule has 0 aromatic heterocycles. The lowest BCUT2D eigenvalue weighted by Crippen LogP contribution is -2.41. The third-order valence-corrected chi connectivity index (χ3v) is 3.98. The molecule has 1 saturated heterocycles. The average Bonchev–Trinajstić information content (AvgIpc) is 2.72. The highest BCUT2D eigenvalue weighted by Crippen LogP contribution is 2.72. The smallest absolute Gasteiger partial charge is 0.220 e. The van der Waals surface area contributed by atoms with Gasteiger partial charge >= 0.3 is 0 Å². The molecule has 2 heteroatoms. The van der Waals surface area contributed by atoms with Crippen LogP contribution in [0.4, 0.5) is 0 Å². The third-order valence-electron chi connectivity index (χ3n) is 3.98. The van der Waals surface area contributed by atoms with Gasteiger partial charge in [0.25, 0.3) is 0 Å². The van der Waals surface area contributed by atoms with E-state index >= 15 is 0 Å². The molecule has 1 aliphatic heterocycles. The molecule has 0 aromatic carbocycles. The molecule has 1 saturated carbocycles. The molecule has 2 fully saturated rings. The average molecular weight is 163 g/mol. The summed E-state index contributed by atoms with van der Waals surface area (Å²) in [7, 11) is 0. The van der Waals surface area contributed by atoms with Crippen molar-refractivity contribution in [2.24, 2.45) is 10.8 Å². The summed E-state index contributed by atoms with van der Waals surface area (Å²) in [6.07, 6.45) is 8.91. The van der Waals surface area contributed by atoms with E-state index in [-0.39, 0.29) is 5.91 Å². The Balaban J connectivity index is 1.96. The zero-order valence-corrected chi connectivity index (χ0v) is 7.10. The molecule has 2 nitrogen and oxygen atoms in total. The molecule has 0 radical (unpaired) electrons. The van der Waals surface area contributed by atoms with Gasteiger partial charge in [0.2, 0.25) is 5.91 Å². The molecule has 2 unspecified atom stereocenters. The van der Waals surface area contributed by atoms with E-state index in [2.05, 4.69) is 17.5 Å². The van der Waals surface area contributed by atoms with E-state index in [9.17, 15) is 4.79 Å². The lowest BCUT2D eigenvalue weighted by molar-refractivity contribution is -0.124. The SMILES string of the molecule is O=C1CC23CC=CCC2(CN1)C3. The quantitative estimate of drug-likeness (QED) is 0.535. The first-order valence-electron chi connectivity index (χ1n) is 4.68. The lowest BCUT2D eigenvalue weighted by atomic mass is 9.79. The van der Waals surface area contributed by atoms with Gasteiger partial charge in [-0.2, -0.15) is 0 Å². The van der Waals surface area contributed by atoms with Crippen molar-refractivity contribution in [1.82, 2.24) is 5.32 Å². The molecule has 64 valence electrons. The minimum atomic E-state index is 0.262. The third kappa shape index (κ3) is 0.598. The van der Waals surface area contributed by atoms with Gasteiger partial charge in [0.15, 0.2) is 0 Å². The molecule has 3 rings (SSSR count). The van der Waals surface area contributed by atoms with Crippen molar-refractivity contribution < 1.29 is 4.79 Å². The zero-order chi connectivity index (χ0) is 8.23. The number of hydrogen-bond acceptors (Lipinski definition) is 1. The number of piperidine rings is 1. The minimum absolute atomic E-state index is 0.262. The minimum Gasteiger partial charge on any atom is -0.355 e. The summed E-state index contributed by atoms with van der Waals surface area (Å²) in [6, 6.07) is 0. The van der Waals surface area contributed by atoms with Crippen LogP contribution in [0.1, 0.15) is 25.7 Å². The molecule has 2 atom stereocenters. The zero-order valence-electron chi connectivity index (χ0n) is 7.10. The lowest BCUT2D eigenvalue weighted by Gasteiger charge is -2.31. The van der Waals surface area contributed by atoms with Crippen LogP contribution in [0.2, 0.25) is 0 Å². The normalized spacial score (nSPS) is 49.2. The Kier molecular flexibility index (Phi) is 0.980. The predicted octanol–water partition coefficient (Wildman–Crippen LogP) is 1.23. The van der Waals surface area contributed by atoms with E-state index in [0.717, 1.165) is 19.4 Å². The highest BCUT2D eigenvalue weighted by molar-refractivity contribution is 5.79. The van der Waals surface area contributed by atoms with Crippen LogP contribution in [0.15, 0.2) is 12.2 Å². The van der Waals surface area contributed by atoms with Crippen molar-refractivity contribution in [1.29, 1.82) is 0 Å². The van der Waals surface area contributed by atoms with E-state index in [0.29, 0.717) is 10.8 Å². The van der Waals surface area contributed by atoms with Gasteiger partial charge in [0.05, 0.1) is 0 Å². The Labute approximate surface area is 72.0 Å². The summed E-state index contributed by atoms with van der Waals surface area (Å²) >= 11 is 0. The summed E-state index contributed by atoms with van der Waals surface area (Å²) < 4.78 is 0. The molecule has 0 aromatic rings. The number of amides is 1. The van der Waals surface area contributed by atoms with Gasteiger partial charge in [-0.05, 0) is 30.1 Å². The summed E-state index contributed by atoms with van der Waals surface area (Å²) in [6.45, 7) is 0.927. The van der Waals surface area contributed by atoms with Gasteiger partial charge in [-0.3, -0.25) is 4.79 Å². The van der Waals surface area contributed by atoms with Crippen LogP contribution in [0.5, 0.6) is 0 Å². The van der Waals surface area contributed by atoms with E-state index in [1.54, 1.807) is 0 Å². The van der Waals surface area contributed by atoms with E-state index in [1.165, 1.54) is 12.8 Å². The largest absolute Gasteiger partial charge is 0.355 e. The molecule has 1 amide bonds. The highest BCUT2D eigenvalue weighted by atomic mass is 16.1. The van der Waals surface area contributed by atoms with Gasteiger partial charge in [-0.1, -0.05) is 12.2 Å². The predicted molar refractivity (Wildman–Crippen MR) is 45.5 cm³/mol. The van der Waals surface area contributed by atoms with Crippen molar-refractivity contribution in [2.75, 3.05) is 6.54 Å².